The SMILES string of the molecule is CC(=O)OC[C@H]1O[C@@H](n2cnc3c(N)ncnc32)C(O)C1O. The molecule has 22 heavy (non-hydrogen) atoms. The van der Waals surface area contributed by atoms with Crippen LogP contribution in [0.5, 0.6) is 0 Å². The largest absolute Gasteiger partial charge is 0.463 e. The second kappa shape index (κ2) is 5.48. The number of aromatic nitrogens is 4. The number of rotatable bonds is 3. The van der Waals surface area contributed by atoms with Crippen LogP contribution in [0.4, 0.5) is 5.82 Å². The first-order valence-corrected chi connectivity index (χ1v) is 6.57. The Kier molecular flexibility index (Phi) is 3.64. The molecule has 4 N–H and O–H groups in total. The summed E-state index contributed by atoms with van der Waals surface area (Å²) in [7, 11) is 0. The van der Waals surface area contributed by atoms with E-state index in [-0.39, 0.29) is 12.4 Å². The van der Waals surface area contributed by atoms with Gasteiger partial charge in [-0.2, -0.15) is 0 Å². The third-order valence-corrected chi connectivity index (χ3v) is 3.45. The molecular weight excluding hydrogens is 294 g/mol. The summed E-state index contributed by atoms with van der Waals surface area (Å²) in [5.41, 5.74) is 6.44. The van der Waals surface area contributed by atoms with Gasteiger partial charge in [0, 0.05) is 6.92 Å². The Bertz CT molecular complexity index is 704. The van der Waals surface area contributed by atoms with Crippen LogP contribution in [0, 0.1) is 0 Å². The molecule has 10 heteroatoms. The van der Waals surface area contributed by atoms with Gasteiger partial charge in [0.15, 0.2) is 17.7 Å². The number of hydrogen-bond donors (Lipinski definition) is 3. The fourth-order valence-corrected chi connectivity index (χ4v) is 2.35. The van der Waals surface area contributed by atoms with Gasteiger partial charge in [-0.25, -0.2) is 15.0 Å². The van der Waals surface area contributed by atoms with Crippen molar-refractivity contribution in [3.05, 3.63) is 12.7 Å². The number of anilines is 1. The fourth-order valence-electron chi connectivity index (χ4n) is 2.35. The van der Waals surface area contributed by atoms with Gasteiger partial charge >= 0.3 is 5.97 Å². The molecule has 0 amide bonds. The van der Waals surface area contributed by atoms with E-state index in [0.717, 1.165) is 0 Å². The van der Waals surface area contributed by atoms with Crippen molar-refractivity contribution in [3.63, 3.8) is 0 Å². The summed E-state index contributed by atoms with van der Waals surface area (Å²) in [6.45, 7) is 1.09. The van der Waals surface area contributed by atoms with E-state index >= 15 is 0 Å². The van der Waals surface area contributed by atoms with Crippen molar-refractivity contribution in [2.75, 3.05) is 12.3 Å². The Morgan fingerprint density at radius 3 is 2.91 bits per heavy atom. The Balaban J connectivity index is 1.87. The minimum atomic E-state index is -1.23. The smallest absolute Gasteiger partial charge is 0.302 e. The highest BCUT2D eigenvalue weighted by atomic mass is 16.6. The maximum Gasteiger partial charge on any atom is 0.302 e. The molecular formula is C12H15N5O5. The van der Waals surface area contributed by atoms with Crippen molar-refractivity contribution >= 4 is 23.0 Å². The van der Waals surface area contributed by atoms with Gasteiger partial charge in [-0.1, -0.05) is 0 Å². The van der Waals surface area contributed by atoms with E-state index in [1.165, 1.54) is 24.1 Å². The van der Waals surface area contributed by atoms with Gasteiger partial charge in [-0.3, -0.25) is 9.36 Å². The van der Waals surface area contributed by atoms with Crippen molar-refractivity contribution in [2.24, 2.45) is 0 Å². The van der Waals surface area contributed by atoms with Crippen LogP contribution in [0.1, 0.15) is 13.2 Å². The van der Waals surface area contributed by atoms with Crippen LogP contribution in [-0.2, 0) is 14.3 Å². The maximum absolute atomic E-state index is 10.8. The summed E-state index contributed by atoms with van der Waals surface area (Å²) in [4.78, 5) is 22.8. The Labute approximate surface area is 124 Å². The molecule has 3 heterocycles. The lowest BCUT2D eigenvalue weighted by Crippen LogP contribution is -2.34. The van der Waals surface area contributed by atoms with Gasteiger partial charge in [-0.15, -0.1) is 0 Å². The summed E-state index contributed by atoms with van der Waals surface area (Å²) in [5.74, 6) is -0.296. The number of aliphatic hydroxyl groups excluding tert-OH is 2. The Morgan fingerprint density at radius 2 is 2.18 bits per heavy atom. The zero-order valence-electron chi connectivity index (χ0n) is 11.7. The second-order valence-electron chi connectivity index (χ2n) is 4.93. The summed E-state index contributed by atoms with van der Waals surface area (Å²) < 4.78 is 11.8. The van der Waals surface area contributed by atoms with Crippen molar-refractivity contribution in [2.45, 2.75) is 31.5 Å². The number of nitrogens with zero attached hydrogens (tertiary/aromatic N) is 4. The number of aliphatic hydroxyl groups is 2. The highest BCUT2D eigenvalue weighted by Gasteiger charge is 2.44. The molecule has 10 nitrogen and oxygen atoms in total. The summed E-state index contributed by atoms with van der Waals surface area (Å²) >= 11 is 0. The van der Waals surface area contributed by atoms with Crippen molar-refractivity contribution in [3.8, 4) is 0 Å². The lowest BCUT2D eigenvalue weighted by atomic mass is 10.1. The Hall–Kier alpha value is -2.30. The number of ether oxygens (including phenoxy) is 2. The summed E-state index contributed by atoms with van der Waals surface area (Å²) in [6.07, 6.45) is -1.54. The van der Waals surface area contributed by atoms with Crippen molar-refractivity contribution < 1.29 is 24.5 Å². The number of imidazole rings is 1. The predicted octanol–water partition coefficient (Wildman–Crippen LogP) is -1.41. The van der Waals surface area contributed by atoms with Crippen molar-refractivity contribution in [1.29, 1.82) is 0 Å². The lowest BCUT2D eigenvalue weighted by Gasteiger charge is -2.16. The number of esters is 1. The third kappa shape index (κ3) is 2.36. The molecule has 2 unspecified atom stereocenters. The number of nitrogens with two attached hydrogens (primary N) is 1. The van der Waals surface area contributed by atoms with E-state index < -0.39 is 30.5 Å². The quantitative estimate of drug-likeness (QED) is 0.582. The molecule has 2 aromatic rings. The van der Waals surface area contributed by atoms with Gasteiger partial charge < -0.3 is 25.4 Å². The fraction of sp³-hybridized carbons (Fsp3) is 0.500. The standard InChI is InChI=1S/C12H15N5O5/c1-5(18)21-2-6-8(19)9(20)12(22-6)17-4-16-7-10(13)14-3-15-11(7)17/h3-4,6,8-9,12,19-20H,2H2,1H3,(H2,13,14,15)/t6-,8?,9?,12-/m1/s1. The van der Waals surface area contributed by atoms with Crippen LogP contribution in [0.15, 0.2) is 12.7 Å². The molecule has 1 saturated heterocycles. The topological polar surface area (TPSA) is 146 Å². The van der Waals surface area contributed by atoms with Crippen LogP contribution in [0.2, 0.25) is 0 Å². The van der Waals surface area contributed by atoms with E-state index in [2.05, 4.69) is 15.0 Å². The minimum Gasteiger partial charge on any atom is -0.463 e. The molecule has 0 bridgehead atoms. The molecule has 1 aliphatic heterocycles. The molecule has 4 atom stereocenters. The van der Waals surface area contributed by atoms with Crippen LogP contribution < -0.4 is 5.73 Å². The van der Waals surface area contributed by atoms with Gasteiger partial charge in [0.2, 0.25) is 0 Å². The van der Waals surface area contributed by atoms with Gasteiger partial charge in [0.25, 0.3) is 0 Å². The van der Waals surface area contributed by atoms with E-state index in [9.17, 15) is 15.0 Å². The summed E-state index contributed by atoms with van der Waals surface area (Å²) in [6, 6.07) is 0. The molecule has 2 aromatic heterocycles. The highest BCUT2D eigenvalue weighted by molar-refractivity contribution is 5.81. The van der Waals surface area contributed by atoms with Crippen LogP contribution >= 0.6 is 0 Å². The monoisotopic (exact) mass is 309 g/mol. The lowest BCUT2D eigenvalue weighted by molar-refractivity contribution is -0.147. The van der Waals surface area contributed by atoms with E-state index in [4.69, 9.17) is 15.2 Å². The average molecular weight is 309 g/mol. The van der Waals surface area contributed by atoms with Crippen LogP contribution in [0.3, 0.4) is 0 Å². The summed E-state index contributed by atoms with van der Waals surface area (Å²) in [5, 5.41) is 20.2. The number of hydrogen-bond acceptors (Lipinski definition) is 9. The molecule has 1 aliphatic rings. The zero-order valence-corrected chi connectivity index (χ0v) is 11.7. The molecule has 0 radical (unpaired) electrons. The number of carbonyl (C=O) groups excluding carboxylic acids is 1. The Morgan fingerprint density at radius 1 is 1.41 bits per heavy atom. The first kappa shape index (κ1) is 14.6. The third-order valence-electron chi connectivity index (χ3n) is 3.45. The van der Waals surface area contributed by atoms with Gasteiger partial charge in [0.1, 0.15) is 36.8 Å². The van der Waals surface area contributed by atoms with Gasteiger partial charge in [-0.05, 0) is 0 Å². The average Bonchev–Trinajstić information content (AvgIpc) is 3.01. The molecule has 0 aromatic carbocycles. The first-order chi connectivity index (χ1) is 10.5. The molecule has 0 spiro atoms. The van der Waals surface area contributed by atoms with Crippen LogP contribution in [0.25, 0.3) is 11.2 Å². The number of carbonyl (C=O) groups is 1. The predicted molar refractivity (Wildman–Crippen MR) is 72.3 cm³/mol. The van der Waals surface area contributed by atoms with E-state index in [1.54, 1.807) is 0 Å². The van der Waals surface area contributed by atoms with Gasteiger partial charge in [0.05, 0.1) is 6.33 Å². The van der Waals surface area contributed by atoms with Crippen LogP contribution in [-0.4, -0.2) is 60.6 Å². The first-order valence-electron chi connectivity index (χ1n) is 6.57. The highest BCUT2D eigenvalue weighted by Crippen LogP contribution is 2.32. The molecule has 1 fully saturated rings. The number of nitrogen functional groups attached to an aromatic ring is 1. The maximum atomic E-state index is 10.8. The minimum absolute atomic E-state index is 0.159. The van der Waals surface area contributed by atoms with E-state index in [1.807, 2.05) is 0 Å². The number of fused-ring (bicyclic) bond motifs is 1. The second-order valence-corrected chi connectivity index (χ2v) is 4.93. The van der Waals surface area contributed by atoms with E-state index in [0.29, 0.717) is 11.2 Å². The molecule has 118 valence electrons. The molecule has 3 rings (SSSR count). The molecule has 0 aliphatic carbocycles. The molecule has 0 saturated carbocycles. The normalized spacial score (nSPS) is 28.1. The van der Waals surface area contributed by atoms with Crippen molar-refractivity contribution in [1.82, 2.24) is 19.5 Å². The zero-order chi connectivity index (χ0) is 15.9.